The Morgan fingerprint density at radius 3 is 2.10 bits per heavy atom. The van der Waals surface area contributed by atoms with E-state index in [1.807, 2.05) is 6.92 Å². The fourth-order valence-corrected chi connectivity index (χ4v) is 4.08. The summed E-state index contributed by atoms with van der Waals surface area (Å²) in [4.78, 5) is 12.9. The van der Waals surface area contributed by atoms with Gasteiger partial charge in [0.15, 0.2) is 11.5 Å². The number of hydrogen-bond donors (Lipinski definition) is 1. The summed E-state index contributed by atoms with van der Waals surface area (Å²) in [5.74, 6) is 0.803. The van der Waals surface area contributed by atoms with Gasteiger partial charge in [0.2, 0.25) is 15.9 Å². The fraction of sp³-hybridized carbons (Fsp3) is 0.350. The molecule has 8 nitrogen and oxygen atoms in total. The van der Waals surface area contributed by atoms with Gasteiger partial charge in [-0.05, 0) is 43.7 Å². The zero-order chi connectivity index (χ0) is 21.8. The number of nitrogens with one attached hydrogen (secondary N) is 1. The molecule has 158 valence electrons. The topological polar surface area (TPSA) is 94.2 Å². The standard InChI is InChI=1S/C20H26N2O6S/c1-13-7-9-17(26-3)16(11-13)22(29(6,24)25)14(2)20(23)21-15-8-10-18(27-4)19(12-15)28-5/h7-12,14H,1-6H3,(H,21,23)/t14-/m0/s1. The Labute approximate surface area is 171 Å². The largest absolute Gasteiger partial charge is 0.495 e. The first-order valence-corrected chi connectivity index (χ1v) is 10.6. The van der Waals surface area contributed by atoms with Crippen molar-refractivity contribution in [3.05, 3.63) is 42.0 Å². The quantitative estimate of drug-likeness (QED) is 0.703. The summed E-state index contributed by atoms with van der Waals surface area (Å²) in [6, 6.07) is 9.00. The van der Waals surface area contributed by atoms with Crippen LogP contribution in [0.4, 0.5) is 11.4 Å². The van der Waals surface area contributed by atoms with E-state index in [1.54, 1.807) is 36.4 Å². The van der Waals surface area contributed by atoms with Gasteiger partial charge in [-0.25, -0.2) is 8.42 Å². The van der Waals surface area contributed by atoms with Crippen LogP contribution in [0.3, 0.4) is 0 Å². The molecule has 0 bridgehead atoms. The Bertz CT molecular complexity index is 990. The van der Waals surface area contributed by atoms with Crippen LogP contribution in [0.2, 0.25) is 0 Å². The van der Waals surface area contributed by atoms with Gasteiger partial charge < -0.3 is 19.5 Å². The highest BCUT2D eigenvalue weighted by Crippen LogP contribution is 2.33. The summed E-state index contributed by atoms with van der Waals surface area (Å²) in [5, 5.41) is 2.72. The molecular weight excluding hydrogens is 396 g/mol. The number of carbonyl (C=O) groups excluding carboxylic acids is 1. The maximum Gasteiger partial charge on any atom is 0.247 e. The summed E-state index contributed by atoms with van der Waals surface area (Å²) in [6.07, 6.45) is 1.05. The third-order valence-corrected chi connectivity index (χ3v) is 5.54. The van der Waals surface area contributed by atoms with Crippen LogP contribution < -0.4 is 23.8 Å². The molecule has 0 heterocycles. The van der Waals surface area contributed by atoms with E-state index < -0.39 is 22.0 Å². The molecule has 0 saturated carbocycles. The Hall–Kier alpha value is -2.94. The molecule has 0 unspecified atom stereocenters. The first-order valence-electron chi connectivity index (χ1n) is 8.79. The number of rotatable bonds is 8. The zero-order valence-electron chi connectivity index (χ0n) is 17.3. The van der Waals surface area contributed by atoms with E-state index in [1.165, 1.54) is 28.3 Å². The average molecular weight is 423 g/mol. The summed E-state index contributed by atoms with van der Waals surface area (Å²) < 4.78 is 41.9. The number of amides is 1. The SMILES string of the molecule is COc1ccc(NC(=O)[C@H](C)N(c2cc(C)ccc2OC)S(C)(=O)=O)cc1OC. The second-order valence-electron chi connectivity index (χ2n) is 6.47. The van der Waals surface area contributed by atoms with Crippen molar-refractivity contribution in [1.29, 1.82) is 0 Å². The fourth-order valence-electron chi connectivity index (χ4n) is 2.91. The van der Waals surface area contributed by atoms with Crippen LogP contribution in [0.5, 0.6) is 17.2 Å². The summed E-state index contributed by atoms with van der Waals surface area (Å²) in [6.45, 7) is 3.34. The maximum atomic E-state index is 12.9. The molecule has 2 aromatic rings. The molecule has 1 N–H and O–H groups in total. The van der Waals surface area contributed by atoms with Gasteiger partial charge in [0.1, 0.15) is 11.8 Å². The molecule has 1 atom stereocenters. The van der Waals surface area contributed by atoms with Crippen molar-refractivity contribution < 1.29 is 27.4 Å². The average Bonchev–Trinajstić information content (AvgIpc) is 2.67. The lowest BCUT2D eigenvalue weighted by Gasteiger charge is -2.29. The molecule has 0 aromatic heterocycles. The molecule has 0 aliphatic rings. The number of sulfonamides is 1. The predicted molar refractivity (Wildman–Crippen MR) is 113 cm³/mol. The van der Waals surface area contributed by atoms with Gasteiger partial charge in [-0.15, -0.1) is 0 Å². The number of methoxy groups -OCH3 is 3. The third-order valence-electron chi connectivity index (χ3n) is 4.31. The van der Waals surface area contributed by atoms with E-state index >= 15 is 0 Å². The van der Waals surface area contributed by atoms with Gasteiger partial charge in [0, 0.05) is 11.8 Å². The number of hydrogen-bond acceptors (Lipinski definition) is 6. The van der Waals surface area contributed by atoms with Crippen LogP contribution in [0.15, 0.2) is 36.4 Å². The number of anilines is 2. The Morgan fingerprint density at radius 2 is 1.55 bits per heavy atom. The van der Waals surface area contributed by atoms with Gasteiger partial charge in [0.25, 0.3) is 0 Å². The third kappa shape index (κ3) is 5.11. The molecule has 0 saturated heterocycles. The van der Waals surface area contributed by atoms with Crippen LogP contribution in [0, 0.1) is 6.92 Å². The number of aryl methyl sites for hydroxylation is 1. The highest BCUT2D eigenvalue weighted by Gasteiger charge is 2.31. The normalized spacial score (nSPS) is 12.1. The first-order chi connectivity index (χ1) is 13.6. The number of nitrogens with zero attached hydrogens (tertiary/aromatic N) is 1. The summed E-state index contributed by atoms with van der Waals surface area (Å²) in [7, 11) is 0.667. The molecule has 2 aromatic carbocycles. The molecule has 0 aliphatic carbocycles. The molecule has 0 radical (unpaired) electrons. The van der Waals surface area contributed by atoms with Gasteiger partial charge in [-0.2, -0.15) is 0 Å². The summed E-state index contributed by atoms with van der Waals surface area (Å²) in [5.41, 5.74) is 1.58. The van der Waals surface area contributed by atoms with Crippen LogP contribution in [-0.2, 0) is 14.8 Å². The molecule has 1 amide bonds. The second-order valence-corrected chi connectivity index (χ2v) is 8.33. The monoisotopic (exact) mass is 422 g/mol. The van der Waals surface area contributed by atoms with Gasteiger partial charge in [-0.3, -0.25) is 9.10 Å². The minimum absolute atomic E-state index is 0.296. The Kier molecular flexibility index (Phi) is 6.97. The van der Waals surface area contributed by atoms with E-state index in [9.17, 15) is 13.2 Å². The summed E-state index contributed by atoms with van der Waals surface area (Å²) >= 11 is 0. The van der Waals surface area contributed by atoms with E-state index in [2.05, 4.69) is 5.32 Å². The van der Waals surface area contributed by atoms with Crippen LogP contribution in [0.25, 0.3) is 0 Å². The second kappa shape index (κ2) is 9.04. The molecule has 29 heavy (non-hydrogen) atoms. The van der Waals surface area contributed by atoms with E-state index in [-0.39, 0.29) is 0 Å². The van der Waals surface area contributed by atoms with Crippen LogP contribution in [-0.4, -0.2) is 48.0 Å². The molecule has 0 spiro atoms. The lowest BCUT2D eigenvalue weighted by Crippen LogP contribution is -2.45. The Morgan fingerprint density at radius 1 is 0.966 bits per heavy atom. The number of carbonyl (C=O) groups is 1. The van der Waals surface area contributed by atoms with Crippen molar-refractivity contribution in [2.45, 2.75) is 19.9 Å². The van der Waals surface area contributed by atoms with Crippen molar-refractivity contribution >= 4 is 27.3 Å². The van der Waals surface area contributed by atoms with Crippen molar-refractivity contribution in [2.75, 3.05) is 37.2 Å². The van der Waals surface area contributed by atoms with Gasteiger partial charge in [0.05, 0.1) is 33.3 Å². The lowest BCUT2D eigenvalue weighted by atomic mass is 10.2. The highest BCUT2D eigenvalue weighted by atomic mass is 32.2. The highest BCUT2D eigenvalue weighted by molar-refractivity contribution is 7.92. The molecular formula is C20H26N2O6S. The van der Waals surface area contributed by atoms with Gasteiger partial charge >= 0.3 is 0 Å². The molecule has 9 heteroatoms. The number of ether oxygens (including phenoxy) is 3. The van der Waals surface area contributed by atoms with Crippen molar-refractivity contribution in [2.24, 2.45) is 0 Å². The lowest BCUT2D eigenvalue weighted by molar-refractivity contribution is -0.116. The molecule has 2 rings (SSSR count). The smallest absolute Gasteiger partial charge is 0.247 e. The Balaban J connectivity index is 2.39. The predicted octanol–water partition coefficient (Wildman–Crippen LogP) is 2.81. The van der Waals surface area contributed by atoms with E-state index in [4.69, 9.17) is 14.2 Å². The van der Waals surface area contributed by atoms with Gasteiger partial charge in [-0.1, -0.05) is 6.07 Å². The van der Waals surface area contributed by atoms with E-state index in [0.29, 0.717) is 28.6 Å². The van der Waals surface area contributed by atoms with Crippen molar-refractivity contribution in [3.8, 4) is 17.2 Å². The molecule has 0 aliphatic heterocycles. The minimum Gasteiger partial charge on any atom is -0.495 e. The first kappa shape index (κ1) is 22.4. The van der Waals surface area contributed by atoms with Crippen LogP contribution >= 0.6 is 0 Å². The minimum atomic E-state index is -3.78. The van der Waals surface area contributed by atoms with Crippen molar-refractivity contribution in [3.63, 3.8) is 0 Å². The van der Waals surface area contributed by atoms with Crippen molar-refractivity contribution in [1.82, 2.24) is 0 Å². The maximum absolute atomic E-state index is 12.9. The van der Waals surface area contributed by atoms with Crippen LogP contribution in [0.1, 0.15) is 12.5 Å². The zero-order valence-corrected chi connectivity index (χ0v) is 18.2. The number of benzene rings is 2. The van der Waals surface area contributed by atoms with E-state index in [0.717, 1.165) is 16.1 Å². The molecule has 0 fully saturated rings.